The van der Waals surface area contributed by atoms with Crippen LogP contribution in [-0.4, -0.2) is 32.0 Å². The molecule has 0 aliphatic carbocycles. The monoisotopic (exact) mass is 422 g/mol. The molecule has 0 saturated carbocycles. The van der Waals surface area contributed by atoms with Gasteiger partial charge in [0.15, 0.2) is 11.5 Å². The minimum atomic E-state index is -0.406. The molecular weight excluding hydrogens is 400 g/mol. The van der Waals surface area contributed by atoms with Crippen molar-refractivity contribution in [2.45, 2.75) is 18.7 Å². The first kappa shape index (κ1) is 18.8. The number of nitrogens with zero attached hydrogens (tertiary/aromatic N) is 2. The van der Waals surface area contributed by atoms with Gasteiger partial charge in [-0.25, -0.2) is 5.01 Å². The van der Waals surface area contributed by atoms with Crippen LogP contribution in [0.2, 0.25) is 0 Å². The third-order valence-electron chi connectivity index (χ3n) is 5.48. The standard InChI is InChI=1S/C23H22N2O4S/c1-26-19-11-14(12-20(27-2)22(19)28-3)23-25-17(15-7-4-5-8-18(15)29-23)13-16(24-25)21-9-6-10-30-21/h4-12,17,23H,13H2,1-3H3/t17-,23-/m1/s1. The zero-order valence-electron chi connectivity index (χ0n) is 17.0. The van der Waals surface area contributed by atoms with Crippen molar-refractivity contribution < 1.29 is 18.9 Å². The lowest BCUT2D eigenvalue weighted by molar-refractivity contribution is -0.0192. The first-order valence-corrected chi connectivity index (χ1v) is 10.6. The van der Waals surface area contributed by atoms with Crippen molar-refractivity contribution in [3.8, 4) is 23.0 Å². The van der Waals surface area contributed by atoms with Gasteiger partial charge in [-0.05, 0) is 29.6 Å². The van der Waals surface area contributed by atoms with Crippen LogP contribution in [0.4, 0.5) is 0 Å². The van der Waals surface area contributed by atoms with Gasteiger partial charge in [0.05, 0.1) is 38.0 Å². The number of ether oxygens (including phenoxy) is 4. The van der Waals surface area contributed by atoms with E-state index in [0.29, 0.717) is 17.2 Å². The van der Waals surface area contributed by atoms with Crippen molar-refractivity contribution in [1.82, 2.24) is 5.01 Å². The molecule has 2 aliphatic heterocycles. The Bertz CT molecular complexity index is 1070. The Balaban J connectivity index is 1.63. The summed E-state index contributed by atoms with van der Waals surface area (Å²) in [5, 5.41) is 9.12. The average Bonchev–Trinajstić information content (AvgIpc) is 3.47. The van der Waals surface area contributed by atoms with Gasteiger partial charge in [0.25, 0.3) is 0 Å². The summed E-state index contributed by atoms with van der Waals surface area (Å²) in [5.74, 6) is 2.61. The van der Waals surface area contributed by atoms with Crippen LogP contribution in [0, 0.1) is 0 Å². The van der Waals surface area contributed by atoms with Crippen molar-refractivity contribution in [3.05, 3.63) is 69.9 Å². The Labute approximate surface area is 179 Å². The third-order valence-corrected chi connectivity index (χ3v) is 6.40. The molecule has 2 atom stereocenters. The first-order valence-electron chi connectivity index (χ1n) is 9.68. The van der Waals surface area contributed by atoms with E-state index in [9.17, 15) is 0 Å². The van der Waals surface area contributed by atoms with Gasteiger partial charge >= 0.3 is 0 Å². The highest BCUT2D eigenvalue weighted by Gasteiger charge is 2.41. The van der Waals surface area contributed by atoms with Crippen LogP contribution in [-0.2, 0) is 0 Å². The van der Waals surface area contributed by atoms with Gasteiger partial charge in [-0.2, -0.15) is 5.10 Å². The molecular formula is C23H22N2O4S. The molecule has 6 nitrogen and oxygen atoms in total. The van der Waals surface area contributed by atoms with Crippen LogP contribution in [0.15, 0.2) is 59.0 Å². The fourth-order valence-corrected chi connectivity index (χ4v) is 4.81. The lowest BCUT2D eigenvalue weighted by Crippen LogP contribution is -2.33. The second-order valence-corrected chi connectivity index (χ2v) is 8.04. The number of hydrogen-bond acceptors (Lipinski definition) is 7. The predicted molar refractivity (Wildman–Crippen MR) is 116 cm³/mol. The molecule has 7 heteroatoms. The van der Waals surface area contributed by atoms with Crippen molar-refractivity contribution in [1.29, 1.82) is 0 Å². The normalized spacial score (nSPS) is 19.4. The summed E-state index contributed by atoms with van der Waals surface area (Å²) in [7, 11) is 4.83. The van der Waals surface area contributed by atoms with Crippen molar-refractivity contribution in [3.63, 3.8) is 0 Å². The molecule has 0 N–H and O–H groups in total. The summed E-state index contributed by atoms with van der Waals surface area (Å²) in [5.41, 5.74) is 3.12. The van der Waals surface area contributed by atoms with Crippen LogP contribution in [0.3, 0.4) is 0 Å². The number of fused-ring (bicyclic) bond motifs is 3. The first-order chi connectivity index (χ1) is 14.7. The van der Waals surface area contributed by atoms with Crippen LogP contribution < -0.4 is 18.9 Å². The molecule has 5 rings (SSSR count). The van der Waals surface area contributed by atoms with Gasteiger partial charge in [0.2, 0.25) is 12.0 Å². The predicted octanol–water partition coefficient (Wildman–Crippen LogP) is 5.02. The van der Waals surface area contributed by atoms with Crippen molar-refractivity contribution >= 4 is 17.0 Å². The molecule has 30 heavy (non-hydrogen) atoms. The zero-order chi connectivity index (χ0) is 20.7. The number of hydrogen-bond donors (Lipinski definition) is 0. The maximum atomic E-state index is 6.44. The zero-order valence-corrected chi connectivity index (χ0v) is 17.8. The number of rotatable bonds is 5. The van der Waals surface area contributed by atoms with E-state index >= 15 is 0 Å². The summed E-state index contributed by atoms with van der Waals surface area (Å²) in [6, 6.07) is 16.3. The van der Waals surface area contributed by atoms with E-state index in [-0.39, 0.29) is 6.04 Å². The Morgan fingerprint density at radius 3 is 2.43 bits per heavy atom. The van der Waals surface area contributed by atoms with Gasteiger partial charge in [-0.3, -0.25) is 0 Å². The SMILES string of the molecule is COc1cc([C@H]2Oc3ccccc3[C@H]3CC(c4cccs4)=NN32)cc(OC)c1OC. The van der Waals surface area contributed by atoms with E-state index in [1.165, 1.54) is 4.88 Å². The second kappa shape index (κ2) is 7.57. The van der Waals surface area contributed by atoms with E-state index < -0.39 is 6.23 Å². The number of benzene rings is 2. The largest absolute Gasteiger partial charge is 0.493 e. The van der Waals surface area contributed by atoms with E-state index in [1.54, 1.807) is 32.7 Å². The molecule has 3 heterocycles. The van der Waals surface area contributed by atoms with Gasteiger partial charge in [-0.15, -0.1) is 11.3 Å². The van der Waals surface area contributed by atoms with Gasteiger partial charge in [-0.1, -0.05) is 24.3 Å². The Morgan fingerprint density at radius 2 is 1.77 bits per heavy atom. The van der Waals surface area contributed by atoms with E-state index in [2.05, 4.69) is 28.6 Å². The Hall–Kier alpha value is -3.19. The minimum Gasteiger partial charge on any atom is -0.493 e. The maximum absolute atomic E-state index is 6.44. The summed E-state index contributed by atoms with van der Waals surface area (Å²) in [4.78, 5) is 1.19. The smallest absolute Gasteiger partial charge is 0.214 e. The Morgan fingerprint density at radius 1 is 1.00 bits per heavy atom. The minimum absolute atomic E-state index is 0.108. The number of hydrazone groups is 1. The molecule has 1 aromatic heterocycles. The van der Waals surface area contributed by atoms with E-state index in [1.807, 2.05) is 30.3 Å². The van der Waals surface area contributed by atoms with Crippen molar-refractivity contribution in [2.75, 3.05) is 21.3 Å². The van der Waals surface area contributed by atoms with Crippen molar-refractivity contribution in [2.24, 2.45) is 5.10 Å². The fourth-order valence-electron chi connectivity index (χ4n) is 4.09. The van der Waals surface area contributed by atoms with Crippen LogP contribution in [0.25, 0.3) is 0 Å². The molecule has 0 bridgehead atoms. The molecule has 2 aromatic carbocycles. The topological polar surface area (TPSA) is 52.5 Å². The number of thiophene rings is 1. The van der Waals surface area contributed by atoms with Crippen LogP contribution in [0.1, 0.15) is 34.7 Å². The van der Waals surface area contributed by atoms with Crippen LogP contribution in [0.5, 0.6) is 23.0 Å². The summed E-state index contributed by atoms with van der Waals surface area (Å²) in [6.07, 6.45) is 0.429. The average molecular weight is 423 g/mol. The fraction of sp³-hybridized carbons (Fsp3) is 0.261. The van der Waals surface area contributed by atoms with E-state index in [4.69, 9.17) is 24.0 Å². The molecule has 0 unspecified atom stereocenters. The highest BCUT2D eigenvalue weighted by atomic mass is 32.1. The molecule has 0 amide bonds. The number of para-hydroxylation sites is 1. The highest BCUT2D eigenvalue weighted by molar-refractivity contribution is 7.12. The number of methoxy groups -OCH3 is 3. The molecule has 3 aromatic rings. The molecule has 0 radical (unpaired) electrons. The highest BCUT2D eigenvalue weighted by Crippen LogP contribution is 2.49. The lowest BCUT2D eigenvalue weighted by atomic mass is 9.97. The molecule has 0 spiro atoms. The third kappa shape index (κ3) is 2.97. The van der Waals surface area contributed by atoms with Crippen LogP contribution >= 0.6 is 11.3 Å². The van der Waals surface area contributed by atoms with Gasteiger partial charge in [0, 0.05) is 17.5 Å². The summed E-state index contributed by atoms with van der Waals surface area (Å²) in [6.45, 7) is 0. The maximum Gasteiger partial charge on any atom is 0.214 e. The van der Waals surface area contributed by atoms with Gasteiger partial charge in [0.1, 0.15) is 5.75 Å². The Kier molecular flexibility index (Phi) is 4.75. The molecule has 0 saturated heterocycles. The van der Waals surface area contributed by atoms with Gasteiger partial charge < -0.3 is 18.9 Å². The molecule has 154 valence electrons. The lowest BCUT2D eigenvalue weighted by Gasteiger charge is -2.38. The molecule has 2 aliphatic rings. The summed E-state index contributed by atoms with van der Waals surface area (Å²) < 4.78 is 23.0. The quantitative estimate of drug-likeness (QED) is 0.578. The van der Waals surface area contributed by atoms with E-state index in [0.717, 1.165) is 29.0 Å². The summed E-state index contributed by atoms with van der Waals surface area (Å²) >= 11 is 1.71. The molecule has 0 fully saturated rings. The second-order valence-electron chi connectivity index (χ2n) is 7.09.